The fourth-order valence-electron chi connectivity index (χ4n) is 2.84. The molecule has 0 radical (unpaired) electrons. The molecule has 1 aromatic rings. The Hall–Kier alpha value is -1.85. The number of carbonyl (C=O) groups is 1. The van der Waals surface area contributed by atoms with Crippen LogP contribution in [0.5, 0.6) is 5.75 Å². The second-order valence-corrected chi connectivity index (χ2v) is 7.39. The topological polar surface area (TPSA) is 65.0 Å². The summed E-state index contributed by atoms with van der Waals surface area (Å²) in [5.41, 5.74) is 1.01. The fourth-order valence-corrected chi connectivity index (χ4v) is 2.84. The van der Waals surface area contributed by atoms with E-state index in [4.69, 9.17) is 19.3 Å². The molecule has 29 heavy (non-hydrogen) atoms. The van der Waals surface area contributed by atoms with Crippen LogP contribution in [-0.4, -0.2) is 30.6 Å². The van der Waals surface area contributed by atoms with Crippen molar-refractivity contribution in [2.45, 2.75) is 79.1 Å². The fraction of sp³-hybridized carbons (Fsp3) is 0.625. The van der Waals surface area contributed by atoms with E-state index < -0.39 is 11.8 Å². The molecule has 2 atom stereocenters. The standard InChI is InChI=1S/C19H26O5.C4H10.CH4/c1-19(2)23-13-14(9-5-4-6-12-17(20)21)18(24-19)15-10-7-8-11-16(15)22-3;1-3-4-2;/h4-5,7-8,10-11,14,18H,6,9,12-13H2,1-3H3,(H,20,21);3-4H2,1-2H3;1H4/b5-4-;;. The first kappa shape index (κ1) is 27.1. The zero-order valence-corrected chi connectivity index (χ0v) is 17.9. The largest absolute Gasteiger partial charge is 0.496 e. The molecule has 0 saturated carbocycles. The molecule has 1 N–H and O–H groups in total. The molecule has 5 heteroatoms. The second-order valence-electron chi connectivity index (χ2n) is 7.39. The summed E-state index contributed by atoms with van der Waals surface area (Å²) in [5.74, 6) is -0.470. The molecule has 1 aliphatic rings. The Labute approximate surface area is 177 Å². The van der Waals surface area contributed by atoms with Crippen molar-refractivity contribution < 1.29 is 24.1 Å². The number of aliphatic carboxylic acids is 1. The molecule has 0 aliphatic carbocycles. The number of ether oxygens (including phenoxy) is 3. The number of hydrogen-bond acceptors (Lipinski definition) is 4. The van der Waals surface area contributed by atoms with Gasteiger partial charge in [0.1, 0.15) is 5.75 Å². The van der Waals surface area contributed by atoms with Crippen molar-refractivity contribution in [3.63, 3.8) is 0 Å². The van der Waals surface area contributed by atoms with E-state index in [9.17, 15) is 4.79 Å². The molecular formula is C24H40O5. The minimum absolute atomic E-state index is 0. The van der Waals surface area contributed by atoms with Crippen LogP contribution in [0.15, 0.2) is 36.4 Å². The first-order chi connectivity index (χ1) is 13.3. The Morgan fingerprint density at radius 2 is 1.90 bits per heavy atom. The number of benzene rings is 1. The third-order valence-corrected chi connectivity index (χ3v) is 4.56. The summed E-state index contributed by atoms with van der Waals surface area (Å²) < 4.78 is 17.5. The zero-order valence-electron chi connectivity index (χ0n) is 17.9. The average molecular weight is 409 g/mol. The number of carboxylic acid groups (broad SMARTS) is 1. The van der Waals surface area contributed by atoms with Gasteiger partial charge in [-0.2, -0.15) is 0 Å². The van der Waals surface area contributed by atoms with E-state index in [0.717, 1.165) is 17.7 Å². The molecule has 1 heterocycles. The molecule has 1 aliphatic heterocycles. The van der Waals surface area contributed by atoms with Crippen molar-refractivity contribution in [2.75, 3.05) is 13.7 Å². The number of rotatable bonds is 8. The van der Waals surface area contributed by atoms with E-state index in [-0.39, 0.29) is 25.9 Å². The monoisotopic (exact) mass is 408 g/mol. The molecule has 1 aromatic carbocycles. The lowest BCUT2D eigenvalue weighted by molar-refractivity contribution is -0.295. The summed E-state index contributed by atoms with van der Waals surface area (Å²) in [6.45, 7) is 8.77. The summed E-state index contributed by atoms with van der Waals surface area (Å²) in [6, 6.07) is 7.87. The van der Waals surface area contributed by atoms with Gasteiger partial charge in [-0.1, -0.05) is 64.5 Å². The van der Waals surface area contributed by atoms with Crippen LogP contribution >= 0.6 is 0 Å². The van der Waals surface area contributed by atoms with Crippen LogP contribution < -0.4 is 4.74 Å². The molecule has 5 nitrogen and oxygen atoms in total. The third kappa shape index (κ3) is 9.95. The highest BCUT2D eigenvalue weighted by Gasteiger charge is 2.37. The summed E-state index contributed by atoms with van der Waals surface area (Å²) >= 11 is 0. The van der Waals surface area contributed by atoms with Crippen LogP contribution in [0.2, 0.25) is 0 Å². The van der Waals surface area contributed by atoms with Crippen molar-refractivity contribution in [3.05, 3.63) is 42.0 Å². The lowest BCUT2D eigenvalue weighted by Crippen LogP contribution is -2.41. The predicted octanol–water partition coefficient (Wildman–Crippen LogP) is 6.39. The molecule has 0 bridgehead atoms. The first-order valence-electron chi connectivity index (χ1n) is 10.2. The van der Waals surface area contributed by atoms with Gasteiger partial charge in [-0.3, -0.25) is 4.79 Å². The van der Waals surface area contributed by atoms with E-state index in [1.54, 1.807) is 7.11 Å². The second kappa shape index (κ2) is 14.2. The number of carboxylic acids is 1. The van der Waals surface area contributed by atoms with Gasteiger partial charge in [0.25, 0.3) is 0 Å². The van der Waals surface area contributed by atoms with Crippen molar-refractivity contribution in [1.82, 2.24) is 0 Å². The Morgan fingerprint density at radius 1 is 1.24 bits per heavy atom. The summed E-state index contributed by atoms with van der Waals surface area (Å²) in [5, 5.41) is 8.68. The van der Waals surface area contributed by atoms with Crippen molar-refractivity contribution in [3.8, 4) is 5.75 Å². The van der Waals surface area contributed by atoms with E-state index >= 15 is 0 Å². The van der Waals surface area contributed by atoms with E-state index in [0.29, 0.717) is 13.0 Å². The Morgan fingerprint density at radius 3 is 2.48 bits per heavy atom. The Bertz CT molecular complexity index is 607. The maximum absolute atomic E-state index is 10.6. The summed E-state index contributed by atoms with van der Waals surface area (Å²) in [4.78, 5) is 10.6. The normalized spacial score (nSPS) is 20.3. The quantitative estimate of drug-likeness (QED) is 0.505. The molecule has 0 aromatic heterocycles. The third-order valence-electron chi connectivity index (χ3n) is 4.56. The minimum atomic E-state index is -0.780. The maximum Gasteiger partial charge on any atom is 0.303 e. The molecule has 0 spiro atoms. The SMILES string of the molecule is C.CCCC.COc1ccccc1C1OC(C)(C)OCC1C/C=C\CCC(=O)O. The van der Waals surface area contributed by atoms with Gasteiger partial charge in [-0.05, 0) is 32.8 Å². The van der Waals surface area contributed by atoms with Crippen LogP contribution in [0.25, 0.3) is 0 Å². The number of para-hydroxylation sites is 1. The lowest BCUT2D eigenvalue weighted by Gasteiger charge is -2.41. The average Bonchev–Trinajstić information content (AvgIpc) is 2.68. The molecule has 1 fully saturated rings. The van der Waals surface area contributed by atoms with Gasteiger partial charge in [0.15, 0.2) is 5.79 Å². The number of hydrogen-bond donors (Lipinski definition) is 1. The molecular weight excluding hydrogens is 368 g/mol. The summed E-state index contributed by atoms with van der Waals surface area (Å²) in [7, 11) is 1.66. The van der Waals surface area contributed by atoms with Gasteiger partial charge in [0.2, 0.25) is 0 Å². The zero-order chi connectivity index (χ0) is 21.0. The Balaban J connectivity index is 0.00000143. The molecule has 166 valence electrons. The van der Waals surface area contributed by atoms with Crippen molar-refractivity contribution >= 4 is 5.97 Å². The van der Waals surface area contributed by atoms with E-state index in [1.165, 1.54) is 12.8 Å². The van der Waals surface area contributed by atoms with E-state index in [1.807, 2.05) is 50.3 Å². The predicted molar refractivity (Wildman–Crippen MR) is 118 cm³/mol. The molecule has 0 amide bonds. The highest BCUT2D eigenvalue weighted by Crippen LogP contribution is 2.41. The molecule has 2 unspecified atom stereocenters. The van der Waals surface area contributed by atoms with Crippen LogP contribution in [0, 0.1) is 5.92 Å². The minimum Gasteiger partial charge on any atom is -0.496 e. The highest BCUT2D eigenvalue weighted by molar-refractivity contribution is 5.66. The number of unbranched alkanes of at least 4 members (excludes halogenated alkanes) is 1. The van der Waals surface area contributed by atoms with Gasteiger partial charge in [0.05, 0.1) is 19.8 Å². The van der Waals surface area contributed by atoms with Crippen molar-refractivity contribution in [2.24, 2.45) is 5.92 Å². The van der Waals surface area contributed by atoms with Crippen LogP contribution in [0.1, 0.15) is 78.9 Å². The van der Waals surface area contributed by atoms with Gasteiger partial charge >= 0.3 is 5.97 Å². The van der Waals surface area contributed by atoms with Gasteiger partial charge in [0, 0.05) is 17.9 Å². The Kier molecular flexibility index (Phi) is 13.3. The van der Waals surface area contributed by atoms with Gasteiger partial charge in [-0.25, -0.2) is 0 Å². The number of allylic oxidation sites excluding steroid dienone is 2. The highest BCUT2D eigenvalue weighted by atomic mass is 16.7. The number of methoxy groups -OCH3 is 1. The lowest BCUT2D eigenvalue weighted by atomic mass is 9.91. The smallest absolute Gasteiger partial charge is 0.303 e. The maximum atomic E-state index is 10.6. The van der Waals surface area contributed by atoms with Crippen LogP contribution in [0.4, 0.5) is 0 Å². The molecule has 1 saturated heterocycles. The molecule has 2 rings (SSSR count). The first-order valence-corrected chi connectivity index (χ1v) is 10.2. The van der Waals surface area contributed by atoms with Gasteiger partial charge < -0.3 is 19.3 Å². The van der Waals surface area contributed by atoms with Crippen LogP contribution in [-0.2, 0) is 14.3 Å². The van der Waals surface area contributed by atoms with E-state index in [2.05, 4.69) is 13.8 Å². The summed E-state index contributed by atoms with van der Waals surface area (Å²) in [6.07, 6.45) is 7.88. The van der Waals surface area contributed by atoms with Crippen molar-refractivity contribution in [1.29, 1.82) is 0 Å². The van der Waals surface area contributed by atoms with Gasteiger partial charge in [-0.15, -0.1) is 0 Å². The van der Waals surface area contributed by atoms with Crippen LogP contribution in [0.3, 0.4) is 0 Å².